The van der Waals surface area contributed by atoms with E-state index in [-0.39, 0.29) is 27.7 Å². The number of aromatic nitrogens is 7. The number of nitrogens with zero attached hydrogens (tertiary/aromatic N) is 7. The molecule has 0 saturated carbocycles. The summed E-state index contributed by atoms with van der Waals surface area (Å²) in [6.07, 6.45) is 6.86. The van der Waals surface area contributed by atoms with E-state index in [1.54, 1.807) is 43.2 Å². The van der Waals surface area contributed by atoms with Crippen molar-refractivity contribution in [1.82, 2.24) is 33.5 Å². The number of halogens is 1. The number of imidazole rings is 1. The first kappa shape index (κ1) is 23.4. The molecule has 11 nitrogen and oxygen atoms in total. The summed E-state index contributed by atoms with van der Waals surface area (Å²) in [5, 5.41) is 3.05. The van der Waals surface area contributed by atoms with Gasteiger partial charge in [0, 0.05) is 30.9 Å². The molecule has 0 aliphatic heterocycles. The number of hydrogen-bond donors (Lipinski definition) is 2. The third kappa shape index (κ3) is 4.13. The van der Waals surface area contributed by atoms with Gasteiger partial charge < -0.3 is 15.6 Å². The zero-order chi connectivity index (χ0) is 25.6. The van der Waals surface area contributed by atoms with E-state index in [4.69, 9.17) is 5.73 Å². The maximum Gasteiger partial charge on any atom is 0.268 e. The summed E-state index contributed by atoms with van der Waals surface area (Å²) >= 11 is 0. The molecule has 0 saturated heterocycles. The van der Waals surface area contributed by atoms with E-state index in [2.05, 4.69) is 30.2 Å². The van der Waals surface area contributed by atoms with Crippen LogP contribution in [0.1, 0.15) is 29.8 Å². The molecule has 0 aliphatic carbocycles. The molecule has 5 aromatic rings. The highest BCUT2D eigenvalue weighted by molar-refractivity contribution is 7.90. The second kappa shape index (κ2) is 8.68. The van der Waals surface area contributed by atoms with Gasteiger partial charge in [0.2, 0.25) is 5.95 Å². The van der Waals surface area contributed by atoms with Gasteiger partial charge in [-0.3, -0.25) is 0 Å². The highest BCUT2D eigenvalue weighted by Gasteiger charge is 2.28. The molecule has 5 rings (SSSR count). The summed E-state index contributed by atoms with van der Waals surface area (Å²) in [7, 11) is -2.28. The van der Waals surface area contributed by atoms with E-state index < -0.39 is 21.8 Å². The predicted molar refractivity (Wildman–Crippen MR) is 132 cm³/mol. The summed E-state index contributed by atoms with van der Waals surface area (Å²) < 4.78 is 43.9. The second-order valence-electron chi connectivity index (χ2n) is 8.36. The molecule has 36 heavy (non-hydrogen) atoms. The lowest BCUT2D eigenvalue weighted by Crippen LogP contribution is -2.13. The maximum absolute atomic E-state index is 13.8. The Balaban J connectivity index is 1.77. The molecule has 0 radical (unpaired) electrons. The zero-order valence-electron chi connectivity index (χ0n) is 19.6. The molecule has 3 N–H and O–H groups in total. The van der Waals surface area contributed by atoms with E-state index in [0.717, 1.165) is 21.9 Å². The fraction of sp³-hybridized carbons (Fsp3) is 0.174. The van der Waals surface area contributed by atoms with E-state index in [1.807, 2.05) is 6.92 Å². The number of hydrogen-bond acceptors (Lipinski definition) is 9. The Morgan fingerprint density at radius 2 is 1.75 bits per heavy atom. The van der Waals surface area contributed by atoms with Crippen LogP contribution in [0, 0.1) is 12.7 Å². The van der Waals surface area contributed by atoms with E-state index in [0.29, 0.717) is 17.2 Å². The maximum atomic E-state index is 13.8. The first-order valence-corrected chi connectivity index (χ1v) is 12.3. The third-order valence-electron chi connectivity index (χ3n) is 5.67. The van der Waals surface area contributed by atoms with Crippen molar-refractivity contribution in [3.8, 4) is 0 Å². The molecular weight excluding hydrogens is 485 g/mol. The zero-order valence-corrected chi connectivity index (χ0v) is 20.4. The molecule has 0 fully saturated rings. The van der Waals surface area contributed by atoms with Gasteiger partial charge in [-0.1, -0.05) is 24.6 Å². The van der Waals surface area contributed by atoms with Gasteiger partial charge in [-0.15, -0.1) is 0 Å². The molecule has 0 spiro atoms. The van der Waals surface area contributed by atoms with Crippen molar-refractivity contribution < 1.29 is 12.8 Å². The molecule has 0 bridgehead atoms. The normalized spacial score (nSPS) is 12.7. The van der Waals surface area contributed by atoms with Crippen molar-refractivity contribution in [3.63, 3.8) is 0 Å². The summed E-state index contributed by atoms with van der Waals surface area (Å²) in [5.41, 5.74) is 7.90. The minimum atomic E-state index is -4.08. The number of benzene rings is 1. The van der Waals surface area contributed by atoms with Crippen LogP contribution in [0.4, 0.5) is 22.0 Å². The minimum absolute atomic E-state index is 0.0695. The quantitative estimate of drug-likeness (QED) is 0.354. The minimum Gasteiger partial charge on any atom is -0.368 e. The van der Waals surface area contributed by atoms with Gasteiger partial charge in [-0.2, -0.15) is 4.98 Å². The SMILES string of the molecule is Cc1ccc(S(=O)(=O)n2cc([C@H](C)c3ncc(F)cn3)c3nc(N)nc(Nc4cn(C)cn4)c32)cc1. The summed E-state index contributed by atoms with van der Waals surface area (Å²) in [6, 6.07) is 6.51. The van der Waals surface area contributed by atoms with Crippen molar-refractivity contribution in [1.29, 1.82) is 0 Å². The number of nitrogens with two attached hydrogens (primary N) is 1. The predicted octanol–water partition coefficient (Wildman–Crippen LogP) is 3.12. The van der Waals surface area contributed by atoms with Crippen molar-refractivity contribution in [2.24, 2.45) is 7.05 Å². The Hall–Kier alpha value is -4.39. The molecule has 1 atom stereocenters. The lowest BCUT2D eigenvalue weighted by Gasteiger charge is -2.11. The molecule has 1 aromatic carbocycles. The second-order valence-corrected chi connectivity index (χ2v) is 10.2. The number of nitrogen functional groups attached to an aromatic ring is 1. The highest BCUT2D eigenvalue weighted by Crippen LogP contribution is 2.36. The Kier molecular flexibility index (Phi) is 5.63. The molecule has 4 heterocycles. The number of anilines is 3. The molecule has 0 unspecified atom stereocenters. The highest BCUT2D eigenvalue weighted by atomic mass is 32.2. The van der Waals surface area contributed by atoms with Crippen LogP contribution in [0.15, 0.2) is 60.3 Å². The Morgan fingerprint density at radius 3 is 2.39 bits per heavy atom. The molecule has 13 heteroatoms. The summed E-state index contributed by atoms with van der Waals surface area (Å²) in [5.74, 6) is -0.304. The molecule has 0 amide bonds. The monoisotopic (exact) mass is 507 g/mol. The van der Waals surface area contributed by atoms with Gasteiger partial charge in [0.25, 0.3) is 10.0 Å². The lowest BCUT2D eigenvalue weighted by atomic mass is 10.0. The van der Waals surface area contributed by atoms with Gasteiger partial charge in [0.15, 0.2) is 11.6 Å². The average molecular weight is 508 g/mol. The summed E-state index contributed by atoms with van der Waals surface area (Å²) in [4.78, 5) is 21.1. The van der Waals surface area contributed by atoms with Gasteiger partial charge >= 0.3 is 0 Å². The van der Waals surface area contributed by atoms with Gasteiger partial charge in [-0.25, -0.2) is 36.7 Å². The third-order valence-corrected chi connectivity index (χ3v) is 7.35. The van der Waals surface area contributed by atoms with Gasteiger partial charge in [0.1, 0.15) is 22.7 Å². The molecule has 184 valence electrons. The van der Waals surface area contributed by atoms with Gasteiger partial charge in [0.05, 0.1) is 23.6 Å². The molecule has 4 aromatic heterocycles. The fourth-order valence-electron chi connectivity index (χ4n) is 3.84. The van der Waals surface area contributed by atoms with Crippen LogP contribution in [0.2, 0.25) is 0 Å². The Bertz CT molecular complexity index is 1680. The first-order valence-electron chi connectivity index (χ1n) is 10.9. The van der Waals surface area contributed by atoms with Crippen LogP contribution in [0.5, 0.6) is 0 Å². The van der Waals surface area contributed by atoms with Crippen LogP contribution in [-0.4, -0.2) is 41.9 Å². The van der Waals surface area contributed by atoms with Crippen molar-refractivity contribution >= 4 is 38.6 Å². The van der Waals surface area contributed by atoms with Crippen molar-refractivity contribution in [2.75, 3.05) is 11.1 Å². The lowest BCUT2D eigenvalue weighted by molar-refractivity contribution is 0.589. The number of rotatable bonds is 6. The average Bonchev–Trinajstić information content (AvgIpc) is 3.43. The van der Waals surface area contributed by atoms with E-state index >= 15 is 0 Å². The van der Waals surface area contributed by atoms with Crippen LogP contribution in [0.3, 0.4) is 0 Å². The number of fused-ring (bicyclic) bond motifs is 1. The van der Waals surface area contributed by atoms with Gasteiger partial charge in [-0.05, 0) is 19.1 Å². The van der Waals surface area contributed by atoms with Crippen molar-refractivity contribution in [2.45, 2.75) is 24.7 Å². The van der Waals surface area contributed by atoms with Crippen molar-refractivity contribution in [3.05, 3.63) is 78.1 Å². The fourth-order valence-corrected chi connectivity index (χ4v) is 5.21. The Labute approximate surface area is 205 Å². The molecule has 0 aliphatic rings. The Morgan fingerprint density at radius 1 is 1.06 bits per heavy atom. The largest absolute Gasteiger partial charge is 0.368 e. The van der Waals surface area contributed by atoms with E-state index in [1.165, 1.54) is 18.3 Å². The van der Waals surface area contributed by atoms with E-state index in [9.17, 15) is 12.8 Å². The van der Waals surface area contributed by atoms with Crippen LogP contribution < -0.4 is 11.1 Å². The van der Waals surface area contributed by atoms with Crippen LogP contribution >= 0.6 is 0 Å². The number of nitrogens with one attached hydrogen (secondary N) is 1. The van der Waals surface area contributed by atoms with Crippen LogP contribution in [-0.2, 0) is 17.1 Å². The smallest absolute Gasteiger partial charge is 0.268 e. The topological polar surface area (TPSA) is 146 Å². The summed E-state index contributed by atoms with van der Waals surface area (Å²) in [6.45, 7) is 3.64. The van der Waals surface area contributed by atoms with Crippen LogP contribution in [0.25, 0.3) is 11.0 Å². The number of aryl methyl sites for hydroxylation is 2. The molecular formula is C23H22FN9O2S. The standard InChI is InChI=1S/C23H22FN9O2S/c1-13-4-6-16(7-5-13)36(34,35)33-10-17(14(2)21-26-8-15(24)9-27-21)19-20(33)22(31-23(25)30-19)29-18-11-32(3)12-28-18/h4-12,14H,1-3H3,(H3,25,29,30,31)/t14-/m0/s1. The first-order chi connectivity index (χ1) is 17.1.